The third kappa shape index (κ3) is 1.78. The van der Waals surface area contributed by atoms with Crippen molar-refractivity contribution in [3.63, 3.8) is 0 Å². The van der Waals surface area contributed by atoms with Gasteiger partial charge in [0.15, 0.2) is 0 Å². The molecule has 0 nitrogen and oxygen atoms in total. The molecule has 18 heavy (non-hydrogen) atoms. The average Bonchev–Trinajstić information content (AvgIpc) is 2.35. The van der Waals surface area contributed by atoms with Crippen molar-refractivity contribution in [1.82, 2.24) is 0 Å². The molecule has 0 aliphatic rings. The zero-order valence-electron chi connectivity index (χ0n) is 11.2. The fourth-order valence-electron chi connectivity index (χ4n) is 2.71. The van der Waals surface area contributed by atoms with E-state index in [0.717, 1.165) is 0 Å². The lowest BCUT2D eigenvalue weighted by Gasteiger charge is -2.13. The second kappa shape index (κ2) is 4.13. The van der Waals surface area contributed by atoms with Crippen molar-refractivity contribution >= 4 is 21.5 Å². The van der Waals surface area contributed by atoms with Crippen molar-refractivity contribution in [1.29, 1.82) is 0 Å². The number of rotatable bonds is 1. The lowest BCUT2D eigenvalue weighted by Crippen LogP contribution is -1.91. The minimum Gasteiger partial charge on any atom is -0.0616 e. The van der Waals surface area contributed by atoms with Crippen molar-refractivity contribution < 1.29 is 0 Å². The zero-order chi connectivity index (χ0) is 12.7. The Labute approximate surface area is 108 Å². The van der Waals surface area contributed by atoms with Crippen LogP contribution in [0.2, 0.25) is 0 Å². The molecule has 0 fully saturated rings. The minimum atomic E-state index is 0.563. The second-order valence-electron chi connectivity index (χ2n) is 5.43. The van der Waals surface area contributed by atoms with Crippen LogP contribution >= 0.6 is 0 Å². The van der Waals surface area contributed by atoms with Crippen LogP contribution in [0.1, 0.15) is 30.9 Å². The first kappa shape index (κ1) is 11.3. The summed E-state index contributed by atoms with van der Waals surface area (Å²) in [7, 11) is 0. The van der Waals surface area contributed by atoms with Crippen LogP contribution in [0, 0.1) is 6.92 Å². The van der Waals surface area contributed by atoms with Crippen LogP contribution in [0.3, 0.4) is 0 Å². The fraction of sp³-hybridized carbons (Fsp3) is 0.222. The Morgan fingerprint density at radius 1 is 0.778 bits per heavy atom. The summed E-state index contributed by atoms with van der Waals surface area (Å²) < 4.78 is 0. The Morgan fingerprint density at radius 3 is 2.11 bits per heavy atom. The molecule has 0 amide bonds. The Bertz CT molecular complexity index is 721. The normalized spacial score (nSPS) is 11.6. The molecule has 0 bridgehead atoms. The summed E-state index contributed by atoms with van der Waals surface area (Å²) in [5.41, 5.74) is 2.80. The first-order valence-electron chi connectivity index (χ1n) is 6.58. The van der Waals surface area contributed by atoms with Crippen LogP contribution in [0.25, 0.3) is 21.5 Å². The molecule has 0 heterocycles. The number of hydrogen-bond donors (Lipinski definition) is 0. The molecule has 0 atom stereocenters. The molecule has 0 N–H and O–H groups in total. The molecule has 0 heteroatoms. The molecule has 0 saturated heterocycles. The second-order valence-corrected chi connectivity index (χ2v) is 5.43. The van der Waals surface area contributed by atoms with E-state index in [1.165, 1.54) is 32.7 Å². The number of benzene rings is 3. The van der Waals surface area contributed by atoms with E-state index in [0.29, 0.717) is 5.92 Å². The van der Waals surface area contributed by atoms with Gasteiger partial charge in [-0.05, 0) is 52.1 Å². The topological polar surface area (TPSA) is 0 Å². The summed E-state index contributed by atoms with van der Waals surface area (Å²) in [6, 6.07) is 17.8. The van der Waals surface area contributed by atoms with Gasteiger partial charge in [0.05, 0.1) is 0 Å². The van der Waals surface area contributed by atoms with E-state index in [2.05, 4.69) is 69.3 Å². The van der Waals surface area contributed by atoms with Crippen LogP contribution in [-0.4, -0.2) is 0 Å². The lowest BCUT2D eigenvalue weighted by molar-refractivity contribution is 0.875. The van der Waals surface area contributed by atoms with Crippen molar-refractivity contribution in [2.75, 3.05) is 0 Å². The summed E-state index contributed by atoms with van der Waals surface area (Å²) in [6.45, 7) is 6.72. The molecule has 0 aliphatic heterocycles. The predicted molar refractivity (Wildman–Crippen MR) is 80.3 cm³/mol. The Balaban J connectivity index is 2.45. The summed E-state index contributed by atoms with van der Waals surface area (Å²) in [4.78, 5) is 0. The van der Waals surface area contributed by atoms with E-state index in [4.69, 9.17) is 0 Å². The van der Waals surface area contributed by atoms with Crippen molar-refractivity contribution in [2.24, 2.45) is 0 Å². The maximum atomic E-state index is 2.33. The molecule has 3 aromatic rings. The van der Waals surface area contributed by atoms with Gasteiger partial charge in [-0.1, -0.05) is 55.8 Å². The fourth-order valence-corrected chi connectivity index (χ4v) is 2.71. The van der Waals surface area contributed by atoms with Crippen LogP contribution in [-0.2, 0) is 0 Å². The van der Waals surface area contributed by atoms with Crippen LogP contribution in [0.15, 0.2) is 48.5 Å². The van der Waals surface area contributed by atoms with Gasteiger partial charge >= 0.3 is 0 Å². The molecule has 0 unspecified atom stereocenters. The summed E-state index contributed by atoms with van der Waals surface area (Å²) in [5.74, 6) is 0.563. The highest BCUT2D eigenvalue weighted by Crippen LogP contribution is 2.30. The molecule has 0 radical (unpaired) electrons. The Hall–Kier alpha value is -1.82. The van der Waals surface area contributed by atoms with Crippen LogP contribution in [0.5, 0.6) is 0 Å². The highest BCUT2D eigenvalue weighted by Gasteiger charge is 2.07. The predicted octanol–water partition coefficient (Wildman–Crippen LogP) is 5.42. The molecule has 0 saturated carbocycles. The first-order chi connectivity index (χ1) is 8.65. The van der Waals surface area contributed by atoms with Gasteiger partial charge < -0.3 is 0 Å². The minimum absolute atomic E-state index is 0.563. The van der Waals surface area contributed by atoms with Gasteiger partial charge in [-0.2, -0.15) is 0 Å². The monoisotopic (exact) mass is 234 g/mol. The maximum Gasteiger partial charge on any atom is -0.0143 e. The van der Waals surface area contributed by atoms with Gasteiger partial charge in [-0.3, -0.25) is 0 Å². The SMILES string of the molecule is Cc1cc(C(C)C)c2cc3ccccc3cc2c1. The van der Waals surface area contributed by atoms with Gasteiger partial charge in [-0.25, -0.2) is 0 Å². The molecule has 3 aromatic carbocycles. The first-order valence-corrected chi connectivity index (χ1v) is 6.58. The summed E-state index contributed by atoms with van der Waals surface area (Å²) >= 11 is 0. The highest BCUT2D eigenvalue weighted by molar-refractivity contribution is 6.00. The third-order valence-corrected chi connectivity index (χ3v) is 3.62. The van der Waals surface area contributed by atoms with E-state index in [-0.39, 0.29) is 0 Å². The van der Waals surface area contributed by atoms with Crippen molar-refractivity contribution in [3.05, 3.63) is 59.7 Å². The summed E-state index contributed by atoms with van der Waals surface area (Å²) in [5, 5.41) is 5.41. The molecule has 90 valence electrons. The van der Waals surface area contributed by atoms with Gasteiger partial charge in [0.1, 0.15) is 0 Å². The largest absolute Gasteiger partial charge is 0.0616 e. The standard InChI is InChI=1S/C18H18/c1-12(2)17-9-13(3)8-16-10-14-6-4-5-7-15(14)11-18(16)17/h4-12H,1-3H3. The molecule has 0 aliphatic carbocycles. The van der Waals surface area contributed by atoms with Crippen molar-refractivity contribution in [3.8, 4) is 0 Å². The number of hydrogen-bond acceptors (Lipinski definition) is 0. The van der Waals surface area contributed by atoms with E-state index in [9.17, 15) is 0 Å². The average molecular weight is 234 g/mol. The molecular weight excluding hydrogens is 216 g/mol. The maximum absolute atomic E-state index is 2.33. The van der Waals surface area contributed by atoms with Gasteiger partial charge in [-0.15, -0.1) is 0 Å². The van der Waals surface area contributed by atoms with E-state index in [1.54, 1.807) is 0 Å². The van der Waals surface area contributed by atoms with Gasteiger partial charge in [0, 0.05) is 0 Å². The van der Waals surface area contributed by atoms with Gasteiger partial charge in [0.25, 0.3) is 0 Å². The smallest absolute Gasteiger partial charge is 0.0143 e. The van der Waals surface area contributed by atoms with E-state index < -0.39 is 0 Å². The summed E-state index contributed by atoms with van der Waals surface area (Å²) in [6.07, 6.45) is 0. The lowest BCUT2D eigenvalue weighted by atomic mass is 9.92. The quantitative estimate of drug-likeness (QED) is 0.493. The highest BCUT2D eigenvalue weighted by atomic mass is 14.1. The zero-order valence-corrected chi connectivity index (χ0v) is 11.2. The van der Waals surface area contributed by atoms with Gasteiger partial charge in [0.2, 0.25) is 0 Å². The molecule has 0 aromatic heterocycles. The van der Waals surface area contributed by atoms with Crippen LogP contribution < -0.4 is 0 Å². The molecular formula is C18H18. The molecule has 3 rings (SSSR count). The van der Waals surface area contributed by atoms with Crippen molar-refractivity contribution in [2.45, 2.75) is 26.7 Å². The number of fused-ring (bicyclic) bond motifs is 2. The third-order valence-electron chi connectivity index (χ3n) is 3.62. The van der Waals surface area contributed by atoms with Crippen LogP contribution in [0.4, 0.5) is 0 Å². The Morgan fingerprint density at radius 2 is 1.44 bits per heavy atom. The number of aryl methyl sites for hydroxylation is 1. The van der Waals surface area contributed by atoms with E-state index in [1.807, 2.05) is 0 Å². The van der Waals surface area contributed by atoms with E-state index >= 15 is 0 Å². The Kier molecular flexibility index (Phi) is 2.59. The molecule has 0 spiro atoms.